The van der Waals surface area contributed by atoms with E-state index < -0.39 is 30.0 Å². The normalized spacial score (nSPS) is 13.5. The van der Waals surface area contributed by atoms with E-state index in [1.165, 1.54) is 11.3 Å². The van der Waals surface area contributed by atoms with Gasteiger partial charge in [0, 0.05) is 4.88 Å². The fourth-order valence-electron chi connectivity index (χ4n) is 1.82. The van der Waals surface area contributed by atoms with Crippen LogP contribution in [-0.2, 0) is 9.59 Å². The van der Waals surface area contributed by atoms with Crippen LogP contribution >= 0.6 is 11.3 Å². The van der Waals surface area contributed by atoms with Crippen molar-refractivity contribution in [2.75, 3.05) is 0 Å². The largest absolute Gasteiger partial charge is 0.480 e. The van der Waals surface area contributed by atoms with E-state index in [0.717, 1.165) is 4.88 Å². The van der Waals surface area contributed by atoms with E-state index in [0.29, 0.717) is 0 Å². The topological polar surface area (TPSA) is 122 Å². The van der Waals surface area contributed by atoms with Crippen LogP contribution in [0.2, 0.25) is 0 Å². The number of aliphatic carboxylic acids is 1. The van der Waals surface area contributed by atoms with Crippen LogP contribution in [-0.4, -0.2) is 29.1 Å². The molecule has 0 spiro atoms. The van der Waals surface area contributed by atoms with Gasteiger partial charge in [0.25, 0.3) is 0 Å². The van der Waals surface area contributed by atoms with Crippen molar-refractivity contribution >= 4 is 29.2 Å². The van der Waals surface area contributed by atoms with E-state index in [-0.39, 0.29) is 12.3 Å². The Morgan fingerprint density at radius 2 is 2.00 bits per heavy atom. The number of carbonyl (C=O) groups is 3. The zero-order valence-corrected chi connectivity index (χ0v) is 12.6. The van der Waals surface area contributed by atoms with Gasteiger partial charge >= 0.3 is 12.0 Å². The zero-order valence-electron chi connectivity index (χ0n) is 11.8. The summed E-state index contributed by atoms with van der Waals surface area (Å²) in [7, 11) is 0. The number of urea groups is 1. The maximum absolute atomic E-state index is 12.0. The summed E-state index contributed by atoms with van der Waals surface area (Å²) in [5.41, 5.74) is 5.10. The average Bonchev–Trinajstić information content (AvgIpc) is 2.87. The van der Waals surface area contributed by atoms with Crippen LogP contribution in [0, 0.1) is 5.92 Å². The highest BCUT2D eigenvalue weighted by Gasteiger charge is 2.25. The minimum atomic E-state index is -1.09. The molecule has 8 heteroatoms. The Bertz CT molecular complexity index is 502. The van der Waals surface area contributed by atoms with Crippen LogP contribution in [0.3, 0.4) is 0 Å². The highest BCUT2D eigenvalue weighted by Crippen LogP contribution is 2.22. The summed E-state index contributed by atoms with van der Waals surface area (Å²) >= 11 is 1.38. The van der Waals surface area contributed by atoms with Crippen molar-refractivity contribution in [3.63, 3.8) is 0 Å². The molecule has 0 aliphatic carbocycles. The Morgan fingerprint density at radius 3 is 2.43 bits per heavy atom. The molecule has 0 fully saturated rings. The predicted molar refractivity (Wildman–Crippen MR) is 78.8 cm³/mol. The second-order valence-electron chi connectivity index (χ2n) is 4.91. The highest BCUT2D eigenvalue weighted by atomic mass is 32.1. The Kier molecular flexibility index (Phi) is 6.16. The molecule has 1 unspecified atom stereocenters. The molecular formula is C13H19N3O4S. The molecule has 1 heterocycles. The first kappa shape index (κ1) is 17.0. The van der Waals surface area contributed by atoms with Gasteiger partial charge in [-0.15, -0.1) is 11.3 Å². The average molecular weight is 313 g/mol. The van der Waals surface area contributed by atoms with Gasteiger partial charge in [-0.3, -0.25) is 4.79 Å². The van der Waals surface area contributed by atoms with Crippen molar-refractivity contribution in [2.24, 2.45) is 11.7 Å². The lowest BCUT2D eigenvalue weighted by Gasteiger charge is -2.20. The van der Waals surface area contributed by atoms with Gasteiger partial charge in [0.1, 0.15) is 6.04 Å². The third kappa shape index (κ3) is 5.42. The van der Waals surface area contributed by atoms with Crippen molar-refractivity contribution < 1.29 is 19.5 Å². The van der Waals surface area contributed by atoms with Gasteiger partial charge in [-0.2, -0.15) is 0 Å². The van der Waals surface area contributed by atoms with E-state index in [2.05, 4.69) is 10.6 Å². The first-order valence-corrected chi connectivity index (χ1v) is 7.30. The van der Waals surface area contributed by atoms with E-state index >= 15 is 0 Å². The molecular weight excluding hydrogens is 294 g/mol. The summed E-state index contributed by atoms with van der Waals surface area (Å²) in [4.78, 5) is 34.8. The Hall–Kier alpha value is -2.09. The molecule has 0 aliphatic heterocycles. The number of nitrogens with one attached hydrogen (secondary N) is 2. The highest BCUT2D eigenvalue weighted by molar-refractivity contribution is 7.10. The van der Waals surface area contributed by atoms with Crippen LogP contribution in [0.15, 0.2) is 17.5 Å². The molecule has 5 N–H and O–H groups in total. The van der Waals surface area contributed by atoms with Crippen LogP contribution in [0.25, 0.3) is 0 Å². The molecule has 0 saturated carbocycles. The lowest BCUT2D eigenvalue weighted by Crippen LogP contribution is -2.45. The first-order chi connectivity index (χ1) is 9.81. The number of thiophene rings is 1. The van der Waals surface area contributed by atoms with Crippen molar-refractivity contribution in [3.8, 4) is 0 Å². The number of carbonyl (C=O) groups excluding carboxylic acids is 2. The van der Waals surface area contributed by atoms with E-state index in [4.69, 9.17) is 10.8 Å². The van der Waals surface area contributed by atoms with Crippen molar-refractivity contribution in [2.45, 2.75) is 32.4 Å². The second-order valence-corrected chi connectivity index (χ2v) is 5.89. The van der Waals surface area contributed by atoms with Gasteiger partial charge in [0.15, 0.2) is 0 Å². The third-order valence-electron chi connectivity index (χ3n) is 2.84. The van der Waals surface area contributed by atoms with E-state index in [1.807, 2.05) is 5.38 Å². The Balaban J connectivity index is 2.72. The number of carboxylic acids is 1. The minimum absolute atomic E-state index is 0.0695. The lowest BCUT2D eigenvalue weighted by atomic mass is 10.0. The fraction of sp³-hybridized carbons (Fsp3) is 0.462. The molecule has 1 aromatic heterocycles. The maximum atomic E-state index is 12.0. The van der Waals surface area contributed by atoms with Crippen LogP contribution in [0.1, 0.15) is 31.2 Å². The van der Waals surface area contributed by atoms with E-state index in [9.17, 15) is 14.4 Å². The van der Waals surface area contributed by atoms with Crippen LogP contribution in [0.4, 0.5) is 4.79 Å². The van der Waals surface area contributed by atoms with Gasteiger partial charge in [-0.05, 0) is 17.4 Å². The molecule has 3 amide bonds. The molecule has 0 bridgehead atoms. The maximum Gasteiger partial charge on any atom is 0.326 e. The molecule has 116 valence electrons. The summed E-state index contributed by atoms with van der Waals surface area (Å²) in [6, 6.07) is 1.30. The summed E-state index contributed by atoms with van der Waals surface area (Å²) < 4.78 is 0. The van der Waals surface area contributed by atoms with Gasteiger partial charge in [0.05, 0.1) is 12.5 Å². The Morgan fingerprint density at radius 1 is 1.33 bits per heavy atom. The zero-order chi connectivity index (χ0) is 16.0. The minimum Gasteiger partial charge on any atom is -0.480 e. The molecule has 0 saturated heterocycles. The summed E-state index contributed by atoms with van der Waals surface area (Å²) in [5.74, 6) is -1.78. The second kappa shape index (κ2) is 7.63. The summed E-state index contributed by atoms with van der Waals surface area (Å²) in [6.45, 7) is 3.41. The molecule has 7 nitrogen and oxygen atoms in total. The fourth-order valence-corrected chi connectivity index (χ4v) is 2.59. The van der Waals surface area contributed by atoms with Crippen molar-refractivity contribution in [1.82, 2.24) is 10.6 Å². The van der Waals surface area contributed by atoms with Crippen molar-refractivity contribution in [3.05, 3.63) is 22.4 Å². The summed E-state index contributed by atoms with van der Waals surface area (Å²) in [5, 5.41) is 15.8. The molecule has 21 heavy (non-hydrogen) atoms. The lowest BCUT2D eigenvalue weighted by molar-refractivity contribution is -0.143. The van der Waals surface area contributed by atoms with Crippen LogP contribution < -0.4 is 16.4 Å². The number of amides is 3. The number of nitrogens with two attached hydrogens (primary N) is 1. The predicted octanol–water partition coefficient (Wildman–Crippen LogP) is 1.07. The smallest absolute Gasteiger partial charge is 0.326 e. The molecule has 0 aromatic carbocycles. The third-order valence-corrected chi connectivity index (χ3v) is 3.83. The van der Waals surface area contributed by atoms with E-state index in [1.54, 1.807) is 26.0 Å². The first-order valence-electron chi connectivity index (χ1n) is 6.42. The van der Waals surface area contributed by atoms with Gasteiger partial charge in [0.2, 0.25) is 5.91 Å². The number of rotatable bonds is 7. The standard InChI is InChI=1S/C13H19N3O4S/c1-7(2)11(12(18)19)16-10(17)6-8(15-13(14)20)9-4-3-5-21-9/h3-5,7-8,11H,6H2,1-2H3,(H,16,17)(H,18,19)(H3,14,15,20)/t8?,11-/m0/s1. The van der Waals surface area contributed by atoms with Gasteiger partial charge in [-0.1, -0.05) is 19.9 Å². The number of primary amides is 1. The molecule has 0 aliphatic rings. The summed E-state index contributed by atoms with van der Waals surface area (Å²) in [6.07, 6.45) is -0.0695. The number of carboxylic acid groups (broad SMARTS) is 1. The SMILES string of the molecule is CC(C)[C@H](NC(=O)CC(NC(N)=O)c1cccs1)C(=O)O. The van der Waals surface area contributed by atoms with Gasteiger partial charge < -0.3 is 21.5 Å². The molecule has 2 atom stereocenters. The quantitative estimate of drug-likeness (QED) is 0.601. The molecule has 0 radical (unpaired) electrons. The number of hydrogen-bond acceptors (Lipinski definition) is 4. The molecule has 1 aromatic rings. The molecule has 1 rings (SSSR count). The van der Waals surface area contributed by atoms with Crippen molar-refractivity contribution in [1.29, 1.82) is 0 Å². The van der Waals surface area contributed by atoms with Crippen LogP contribution in [0.5, 0.6) is 0 Å². The van der Waals surface area contributed by atoms with Gasteiger partial charge in [-0.25, -0.2) is 9.59 Å². The number of hydrogen-bond donors (Lipinski definition) is 4. The monoisotopic (exact) mass is 313 g/mol. The Labute approximate surface area is 126 Å².